The molecule has 1 aromatic carbocycles. The molecule has 1 N–H and O–H groups in total. The predicted molar refractivity (Wildman–Crippen MR) is 127 cm³/mol. The van der Waals surface area contributed by atoms with Gasteiger partial charge in [-0.3, -0.25) is 9.78 Å². The number of morpholine rings is 1. The van der Waals surface area contributed by atoms with Crippen LogP contribution in [0.15, 0.2) is 61.2 Å². The van der Waals surface area contributed by atoms with Crippen molar-refractivity contribution in [3.8, 4) is 5.69 Å². The molecule has 0 aliphatic carbocycles. The quantitative estimate of drug-likeness (QED) is 0.473. The van der Waals surface area contributed by atoms with Crippen molar-refractivity contribution in [3.05, 3.63) is 78.1 Å². The van der Waals surface area contributed by atoms with E-state index in [2.05, 4.69) is 25.3 Å². The zero-order valence-electron chi connectivity index (χ0n) is 18.8. The summed E-state index contributed by atoms with van der Waals surface area (Å²) in [4.78, 5) is 24.3. The van der Waals surface area contributed by atoms with Crippen LogP contribution >= 0.6 is 0 Å². The number of carbonyl (C=O) groups is 1. The molecular weight excluding hydrogens is 435 g/mol. The first-order valence-corrected chi connectivity index (χ1v) is 11.3. The van der Waals surface area contributed by atoms with Crippen LogP contribution in [0.5, 0.6) is 0 Å². The number of fused-ring (bicyclic) bond motifs is 1. The average Bonchev–Trinajstić information content (AvgIpc) is 3.32. The Bertz CT molecular complexity index is 1300. The highest BCUT2D eigenvalue weighted by Gasteiger charge is 2.20. The molecule has 0 spiro atoms. The first kappa shape index (κ1) is 22.0. The molecule has 9 heteroatoms. The minimum absolute atomic E-state index is 0.183. The van der Waals surface area contributed by atoms with Crippen LogP contribution in [0.1, 0.15) is 35.3 Å². The molecule has 0 saturated carbocycles. The third-order valence-electron chi connectivity index (χ3n) is 6.03. The SMILES string of the molecule is CCC(NC(=O)c1cncc2c1cnn2-c1ccc(F)cc1)c1ccnc(N2CCOCC2)c1. The van der Waals surface area contributed by atoms with Gasteiger partial charge in [-0.05, 0) is 48.4 Å². The second-order valence-corrected chi connectivity index (χ2v) is 8.13. The van der Waals surface area contributed by atoms with E-state index in [4.69, 9.17) is 4.74 Å². The lowest BCUT2D eigenvalue weighted by molar-refractivity contribution is 0.0937. The lowest BCUT2D eigenvalue weighted by Gasteiger charge is -2.28. The molecule has 1 atom stereocenters. The number of benzene rings is 1. The highest BCUT2D eigenvalue weighted by Crippen LogP contribution is 2.24. The second-order valence-electron chi connectivity index (χ2n) is 8.13. The molecule has 174 valence electrons. The molecule has 1 unspecified atom stereocenters. The maximum absolute atomic E-state index is 13.3. The first-order chi connectivity index (χ1) is 16.6. The zero-order chi connectivity index (χ0) is 23.5. The van der Waals surface area contributed by atoms with E-state index in [1.54, 1.807) is 41.6 Å². The summed E-state index contributed by atoms with van der Waals surface area (Å²) in [7, 11) is 0. The number of rotatable bonds is 6. The van der Waals surface area contributed by atoms with Gasteiger partial charge in [-0.25, -0.2) is 14.1 Å². The topological polar surface area (TPSA) is 85.2 Å². The van der Waals surface area contributed by atoms with Crippen molar-refractivity contribution in [2.75, 3.05) is 31.2 Å². The average molecular weight is 461 g/mol. The number of hydrogen-bond acceptors (Lipinski definition) is 6. The molecule has 1 aliphatic heterocycles. The van der Waals surface area contributed by atoms with E-state index < -0.39 is 0 Å². The van der Waals surface area contributed by atoms with Crippen molar-refractivity contribution in [1.82, 2.24) is 25.1 Å². The molecule has 3 aromatic heterocycles. The van der Waals surface area contributed by atoms with E-state index in [0.29, 0.717) is 35.4 Å². The fourth-order valence-corrected chi connectivity index (χ4v) is 4.18. The summed E-state index contributed by atoms with van der Waals surface area (Å²) >= 11 is 0. The number of nitrogens with one attached hydrogen (secondary N) is 1. The molecule has 1 saturated heterocycles. The second kappa shape index (κ2) is 9.56. The summed E-state index contributed by atoms with van der Waals surface area (Å²) in [5, 5.41) is 8.23. The molecule has 5 rings (SSSR count). The van der Waals surface area contributed by atoms with Crippen molar-refractivity contribution >= 4 is 22.6 Å². The predicted octanol–water partition coefficient (Wildman–Crippen LogP) is 3.67. The minimum Gasteiger partial charge on any atom is -0.378 e. The lowest BCUT2D eigenvalue weighted by Crippen LogP contribution is -2.37. The highest BCUT2D eigenvalue weighted by atomic mass is 19.1. The summed E-state index contributed by atoms with van der Waals surface area (Å²) in [5.41, 5.74) is 2.79. The van der Waals surface area contributed by atoms with Gasteiger partial charge in [0.1, 0.15) is 11.6 Å². The molecular formula is C25H25FN6O2. The Kier molecular flexibility index (Phi) is 6.18. The summed E-state index contributed by atoms with van der Waals surface area (Å²) in [6.45, 7) is 4.99. The Hall–Kier alpha value is -3.85. The van der Waals surface area contributed by atoms with E-state index in [0.717, 1.165) is 30.9 Å². The largest absolute Gasteiger partial charge is 0.378 e. The molecule has 0 bridgehead atoms. The molecule has 4 aromatic rings. The van der Waals surface area contributed by atoms with Gasteiger partial charge in [0.25, 0.3) is 5.91 Å². The van der Waals surface area contributed by atoms with Crippen LogP contribution in [-0.2, 0) is 4.74 Å². The molecule has 4 heterocycles. The number of aromatic nitrogens is 4. The van der Waals surface area contributed by atoms with Crippen molar-refractivity contribution in [2.45, 2.75) is 19.4 Å². The van der Waals surface area contributed by atoms with E-state index in [1.807, 2.05) is 19.1 Å². The lowest BCUT2D eigenvalue weighted by atomic mass is 10.0. The fourth-order valence-electron chi connectivity index (χ4n) is 4.18. The van der Waals surface area contributed by atoms with Gasteiger partial charge in [-0.2, -0.15) is 5.10 Å². The van der Waals surface area contributed by atoms with Crippen LogP contribution in [0.3, 0.4) is 0 Å². The van der Waals surface area contributed by atoms with Crippen LogP contribution < -0.4 is 10.2 Å². The number of carbonyl (C=O) groups excluding carboxylic acids is 1. The van der Waals surface area contributed by atoms with Crippen LogP contribution in [0.2, 0.25) is 0 Å². The normalized spacial score (nSPS) is 14.8. The van der Waals surface area contributed by atoms with Gasteiger partial charge in [-0.1, -0.05) is 6.92 Å². The Labute approximate surface area is 196 Å². The number of nitrogens with zero attached hydrogens (tertiary/aromatic N) is 5. The van der Waals surface area contributed by atoms with Gasteiger partial charge >= 0.3 is 0 Å². The monoisotopic (exact) mass is 460 g/mol. The van der Waals surface area contributed by atoms with E-state index >= 15 is 0 Å². The molecule has 34 heavy (non-hydrogen) atoms. The van der Waals surface area contributed by atoms with Gasteiger partial charge in [-0.15, -0.1) is 0 Å². The third kappa shape index (κ3) is 4.34. The summed E-state index contributed by atoms with van der Waals surface area (Å²) < 4.78 is 20.4. The minimum atomic E-state index is -0.322. The Morgan fingerprint density at radius 1 is 1.15 bits per heavy atom. The number of amides is 1. The zero-order valence-corrected chi connectivity index (χ0v) is 18.8. The smallest absolute Gasteiger partial charge is 0.254 e. The van der Waals surface area contributed by atoms with Crippen LogP contribution in [0.4, 0.5) is 10.2 Å². The van der Waals surface area contributed by atoms with E-state index in [1.165, 1.54) is 12.1 Å². The summed E-state index contributed by atoms with van der Waals surface area (Å²) in [6.07, 6.45) is 7.34. The molecule has 8 nitrogen and oxygen atoms in total. The molecule has 1 fully saturated rings. The van der Waals surface area contributed by atoms with Crippen LogP contribution in [0, 0.1) is 5.82 Å². The van der Waals surface area contributed by atoms with E-state index in [-0.39, 0.29) is 17.8 Å². The summed E-state index contributed by atoms with van der Waals surface area (Å²) in [6, 6.07) is 9.80. The maximum atomic E-state index is 13.3. The standard InChI is InChI=1S/C25H25FN6O2/c1-2-22(17-7-8-28-24(13-17)31-9-11-34-12-10-31)30-25(33)21-14-27-16-23-20(21)15-29-32(23)19-5-3-18(26)4-6-19/h3-8,13-16,22H,2,9-12H2,1H3,(H,30,33). The van der Waals surface area contributed by atoms with Crippen molar-refractivity contribution in [1.29, 1.82) is 0 Å². The fraction of sp³-hybridized carbons (Fsp3) is 0.280. The molecule has 0 radical (unpaired) electrons. The number of pyridine rings is 2. The van der Waals surface area contributed by atoms with Crippen molar-refractivity contribution in [3.63, 3.8) is 0 Å². The molecule has 1 aliphatic rings. The first-order valence-electron chi connectivity index (χ1n) is 11.3. The van der Waals surface area contributed by atoms with Crippen LogP contribution in [-0.4, -0.2) is 52.0 Å². The van der Waals surface area contributed by atoms with Gasteiger partial charge in [0, 0.05) is 30.9 Å². The highest BCUT2D eigenvalue weighted by molar-refractivity contribution is 6.06. The van der Waals surface area contributed by atoms with Crippen LogP contribution in [0.25, 0.3) is 16.6 Å². The Morgan fingerprint density at radius 3 is 2.71 bits per heavy atom. The van der Waals surface area contributed by atoms with Gasteiger partial charge in [0.05, 0.1) is 48.4 Å². The number of halogens is 1. The van der Waals surface area contributed by atoms with Crippen molar-refractivity contribution in [2.24, 2.45) is 0 Å². The number of anilines is 1. The number of hydrogen-bond donors (Lipinski definition) is 1. The van der Waals surface area contributed by atoms with Crippen molar-refractivity contribution < 1.29 is 13.9 Å². The van der Waals surface area contributed by atoms with Gasteiger partial charge in [0.15, 0.2) is 0 Å². The van der Waals surface area contributed by atoms with Gasteiger partial charge < -0.3 is 15.0 Å². The Morgan fingerprint density at radius 2 is 1.94 bits per heavy atom. The third-order valence-corrected chi connectivity index (χ3v) is 6.03. The number of ether oxygens (including phenoxy) is 1. The molecule has 1 amide bonds. The summed E-state index contributed by atoms with van der Waals surface area (Å²) in [5.74, 6) is 0.336. The van der Waals surface area contributed by atoms with Gasteiger partial charge in [0.2, 0.25) is 0 Å². The van der Waals surface area contributed by atoms with E-state index in [9.17, 15) is 9.18 Å². The maximum Gasteiger partial charge on any atom is 0.254 e. The Balaban J connectivity index is 1.40.